The highest BCUT2D eigenvalue weighted by molar-refractivity contribution is 5.93. The molecule has 202 valence electrons. The number of nitrogens with one attached hydrogen (secondary N) is 2. The Kier molecular flexibility index (Phi) is 15.3. The first-order valence-corrected chi connectivity index (χ1v) is 12.5. The molecule has 0 spiro atoms. The summed E-state index contributed by atoms with van der Waals surface area (Å²) in [5.74, 6) is 1.61. The third-order valence-corrected chi connectivity index (χ3v) is 6.03. The number of aliphatic hydroxyl groups excluding tert-OH is 2. The number of halogens is 1. The molecule has 1 aromatic heterocycles. The number of pyridine rings is 1. The van der Waals surface area contributed by atoms with Gasteiger partial charge in [-0.15, -0.1) is 12.4 Å². The van der Waals surface area contributed by atoms with Gasteiger partial charge in [0.05, 0.1) is 37.5 Å². The van der Waals surface area contributed by atoms with Crippen LogP contribution in [0.3, 0.4) is 0 Å². The maximum atomic E-state index is 9.23. The van der Waals surface area contributed by atoms with Gasteiger partial charge in [0.15, 0.2) is 0 Å². The smallest absolute Gasteiger partial charge is 0.121 e. The zero-order valence-corrected chi connectivity index (χ0v) is 22.2. The van der Waals surface area contributed by atoms with E-state index in [1.165, 1.54) is 0 Å². The molecule has 9 heteroatoms. The highest BCUT2D eigenvalue weighted by Crippen LogP contribution is 2.26. The van der Waals surface area contributed by atoms with Crippen LogP contribution >= 0.6 is 12.4 Å². The molecule has 0 aliphatic rings. The van der Waals surface area contributed by atoms with Gasteiger partial charge in [-0.3, -0.25) is 0 Å². The van der Waals surface area contributed by atoms with E-state index in [4.69, 9.17) is 14.5 Å². The van der Waals surface area contributed by atoms with Crippen LogP contribution in [0.5, 0.6) is 11.5 Å². The van der Waals surface area contributed by atoms with Gasteiger partial charge in [0.2, 0.25) is 0 Å². The SMILES string of the molecule is CCC(CO)NCCCOc1ccc2cc3ccc(OCCCNC(CC)CO)cc3nc2c1.Cl.O. The van der Waals surface area contributed by atoms with Crippen LogP contribution in [0.25, 0.3) is 21.8 Å². The lowest BCUT2D eigenvalue weighted by Crippen LogP contribution is -2.33. The van der Waals surface area contributed by atoms with Crippen LogP contribution in [0.2, 0.25) is 0 Å². The lowest BCUT2D eigenvalue weighted by Gasteiger charge is -2.14. The van der Waals surface area contributed by atoms with Crippen LogP contribution in [-0.4, -0.2) is 72.3 Å². The van der Waals surface area contributed by atoms with Gasteiger partial charge in [-0.25, -0.2) is 4.98 Å². The molecule has 0 aliphatic heterocycles. The van der Waals surface area contributed by atoms with Crippen LogP contribution in [-0.2, 0) is 0 Å². The van der Waals surface area contributed by atoms with E-state index < -0.39 is 0 Å². The summed E-state index contributed by atoms with van der Waals surface area (Å²) >= 11 is 0. The first-order chi connectivity index (χ1) is 16.7. The standard InChI is InChI=1S/C27H39N3O4.ClH.H2O/c1-3-22(18-31)28-11-5-13-33-24-9-7-20-15-21-8-10-25(17-27(21)30-26(20)16-24)34-14-6-12-29-23(4-2)19-32;;/h7-10,15-17,22-23,28-29,31-32H,3-6,11-14,18-19H2,1-2H3;1H;1H2. The molecular formula is C27H42ClN3O5. The number of fused-ring (bicyclic) bond motifs is 2. The van der Waals surface area contributed by atoms with E-state index in [0.717, 1.165) is 72.1 Å². The maximum Gasteiger partial charge on any atom is 0.121 e. The summed E-state index contributed by atoms with van der Waals surface area (Å²) in [6, 6.07) is 14.5. The number of hydrogen-bond acceptors (Lipinski definition) is 7. The molecule has 36 heavy (non-hydrogen) atoms. The molecule has 6 N–H and O–H groups in total. The molecule has 1 heterocycles. The molecule has 0 bridgehead atoms. The first kappa shape index (κ1) is 31.8. The Labute approximate surface area is 220 Å². The Bertz CT molecular complexity index is 938. The molecule has 2 aromatic carbocycles. The Morgan fingerprint density at radius 2 is 1.19 bits per heavy atom. The fourth-order valence-electron chi connectivity index (χ4n) is 3.77. The molecule has 3 aromatic rings. The van der Waals surface area contributed by atoms with E-state index in [-0.39, 0.29) is 43.2 Å². The normalized spacial score (nSPS) is 12.6. The summed E-state index contributed by atoms with van der Waals surface area (Å²) in [6.07, 6.45) is 3.56. The average molecular weight is 524 g/mol. The predicted octanol–water partition coefficient (Wildman–Crippen LogP) is 3.24. The highest BCUT2D eigenvalue weighted by Gasteiger charge is 2.06. The lowest BCUT2D eigenvalue weighted by atomic mass is 10.1. The molecule has 0 aliphatic carbocycles. The van der Waals surface area contributed by atoms with E-state index in [0.29, 0.717) is 13.2 Å². The van der Waals surface area contributed by atoms with Crippen molar-refractivity contribution in [3.8, 4) is 11.5 Å². The van der Waals surface area contributed by atoms with Crippen LogP contribution in [0.1, 0.15) is 39.5 Å². The van der Waals surface area contributed by atoms with E-state index in [1.54, 1.807) is 0 Å². The topological polar surface area (TPSA) is 127 Å². The third kappa shape index (κ3) is 9.69. The second kappa shape index (κ2) is 17.3. The van der Waals surface area contributed by atoms with Crippen molar-refractivity contribution in [1.82, 2.24) is 15.6 Å². The number of nitrogens with zero attached hydrogens (tertiary/aromatic N) is 1. The summed E-state index contributed by atoms with van der Waals surface area (Å²) in [6.45, 7) is 7.29. The van der Waals surface area contributed by atoms with E-state index in [1.807, 2.05) is 36.4 Å². The minimum atomic E-state index is 0. The number of hydrogen-bond donors (Lipinski definition) is 4. The van der Waals surface area contributed by atoms with Gasteiger partial charge in [-0.2, -0.15) is 0 Å². The van der Waals surface area contributed by atoms with E-state index >= 15 is 0 Å². The van der Waals surface area contributed by atoms with Crippen molar-refractivity contribution in [2.45, 2.75) is 51.6 Å². The number of benzene rings is 2. The fraction of sp³-hybridized carbons (Fsp3) is 0.519. The number of ether oxygens (including phenoxy) is 2. The Hall–Kier alpha value is -2.20. The molecule has 0 saturated carbocycles. The van der Waals surface area contributed by atoms with Crippen molar-refractivity contribution in [2.75, 3.05) is 39.5 Å². The summed E-state index contributed by atoms with van der Waals surface area (Å²) < 4.78 is 11.8. The molecule has 0 radical (unpaired) electrons. The van der Waals surface area contributed by atoms with Gasteiger partial charge in [-0.05, 0) is 69.1 Å². The molecule has 2 unspecified atom stereocenters. The Morgan fingerprint density at radius 1 is 0.750 bits per heavy atom. The minimum absolute atomic E-state index is 0. The predicted molar refractivity (Wildman–Crippen MR) is 149 cm³/mol. The maximum absolute atomic E-state index is 9.23. The van der Waals surface area contributed by atoms with Gasteiger partial charge in [0.25, 0.3) is 0 Å². The third-order valence-electron chi connectivity index (χ3n) is 6.03. The fourth-order valence-corrected chi connectivity index (χ4v) is 3.77. The first-order valence-electron chi connectivity index (χ1n) is 12.5. The van der Waals surface area contributed by atoms with Crippen molar-refractivity contribution in [3.63, 3.8) is 0 Å². The second-order valence-electron chi connectivity index (χ2n) is 8.59. The van der Waals surface area contributed by atoms with Crippen LogP contribution in [0.4, 0.5) is 0 Å². The van der Waals surface area contributed by atoms with E-state index in [9.17, 15) is 10.2 Å². The summed E-state index contributed by atoms with van der Waals surface area (Å²) in [5, 5.41) is 27.3. The van der Waals surface area contributed by atoms with Gasteiger partial charge in [0, 0.05) is 35.0 Å². The largest absolute Gasteiger partial charge is 0.493 e. The van der Waals surface area contributed by atoms with Crippen molar-refractivity contribution < 1.29 is 25.2 Å². The van der Waals surface area contributed by atoms with Crippen LogP contribution in [0.15, 0.2) is 42.5 Å². The van der Waals surface area contributed by atoms with Gasteiger partial charge >= 0.3 is 0 Å². The quantitative estimate of drug-likeness (QED) is 0.168. The van der Waals surface area contributed by atoms with Gasteiger partial charge in [-0.1, -0.05) is 13.8 Å². The van der Waals surface area contributed by atoms with Crippen LogP contribution < -0.4 is 20.1 Å². The second-order valence-corrected chi connectivity index (χ2v) is 8.59. The lowest BCUT2D eigenvalue weighted by molar-refractivity contribution is 0.234. The molecule has 3 rings (SSSR count). The molecule has 2 atom stereocenters. The minimum Gasteiger partial charge on any atom is -0.493 e. The average Bonchev–Trinajstić information content (AvgIpc) is 2.87. The molecule has 8 nitrogen and oxygen atoms in total. The molecule has 0 amide bonds. The Morgan fingerprint density at radius 3 is 1.58 bits per heavy atom. The van der Waals surface area contributed by atoms with Crippen molar-refractivity contribution in [1.29, 1.82) is 0 Å². The Balaban J connectivity index is 0.00000324. The monoisotopic (exact) mass is 523 g/mol. The number of aromatic nitrogens is 1. The highest BCUT2D eigenvalue weighted by atomic mass is 35.5. The molecule has 0 saturated heterocycles. The van der Waals surface area contributed by atoms with Crippen LogP contribution in [0, 0.1) is 0 Å². The summed E-state index contributed by atoms with van der Waals surface area (Å²) in [4.78, 5) is 4.84. The zero-order valence-electron chi connectivity index (χ0n) is 21.3. The summed E-state index contributed by atoms with van der Waals surface area (Å²) in [7, 11) is 0. The molecular weight excluding hydrogens is 482 g/mol. The summed E-state index contributed by atoms with van der Waals surface area (Å²) in [5.41, 5.74) is 1.79. The zero-order chi connectivity index (χ0) is 24.2. The number of aliphatic hydroxyl groups is 2. The number of rotatable bonds is 16. The van der Waals surface area contributed by atoms with E-state index in [2.05, 4.69) is 30.5 Å². The molecule has 0 fully saturated rings. The van der Waals surface area contributed by atoms with Crippen molar-refractivity contribution in [3.05, 3.63) is 42.5 Å². The van der Waals surface area contributed by atoms with Crippen molar-refractivity contribution >= 4 is 34.2 Å². The van der Waals surface area contributed by atoms with Crippen molar-refractivity contribution in [2.24, 2.45) is 0 Å². The van der Waals surface area contributed by atoms with Gasteiger partial charge in [0.1, 0.15) is 11.5 Å². The van der Waals surface area contributed by atoms with Gasteiger partial charge < -0.3 is 35.8 Å².